The zero-order valence-electron chi connectivity index (χ0n) is 10.0. The Morgan fingerprint density at radius 1 is 1.24 bits per heavy atom. The monoisotopic (exact) mass is 238 g/mol. The van der Waals surface area contributed by atoms with Crippen LogP contribution in [0, 0.1) is 11.6 Å². The third-order valence-corrected chi connectivity index (χ3v) is 2.92. The van der Waals surface area contributed by atoms with Gasteiger partial charge in [0.1, 0.15) is 11.6 Å². The van der Waals surface area contributed by atoms with E-state index in [1.807, 2.05) is 13.8 Å². The zero-order valence-corrected chi connectivity index (χ0v) is 10.0. The highest BCUT2D eigenvalue weighted by molar-refractivity contribution is 5.85. The SMILES string of the molecule is CC(C)n1cc(CCN)c2c(F)ccc(F)c21. The summed E-state index contributed by atoms with van der Waals surface area (Å²) in [7, 11) is 0. The van der Waals surface area contributed by atoms with Gasteiger partial charge in [-0.2, -0.15) is 0 Å². The summed E-state index contributed by atoms with van der Waals surface area (Å²) in [5, 5.41) is 0.365. The molecule has 2 aromatic rings. The summed E-state index contributed by atoms with van der Waals surface area (Å²) in [5.41, 5.74) is 6.61. The molecule has 0 spiro atoms. The van der Waals surface area contributed by atoms with Crippen LogP contribution in [0.3, 0.4) is 0 Å². The number of hydrogen-bond acceptors (Lipinski definition) is 1. The molecular weight excluding hydrogens is 222 g/mol. The first-order chi connectivity index (χ1) is 8.06. The molecule has 1 aromatic carbocycles. The summed E-state index contributed by atoms with van der Waals surface area (Å²) in [6.07, 6.45) is 2.35. The van der Waals surface area contributed by atoms with Gasteiger partial charge in [0.15, 0.2) is 0 Å². The van der Waals surface area contributed by atoms with Crippen molar-refractivity contribution >= 4 is 10.9 Å². The fourth-order valence-corrected chi connectivity index (χ4v) is 2.15. The Bertz CT molecular complexity index is 544. The maximum atomic E-state index is 13.8. The van der Waals surface area contributed by atoms with Gasteiger partial charge in [-0.1, -0.05) is 0 Å². The Labute approximate surface area is 99.0 Å². The molecule has 2 nitrogen and oxygen atoms in total. The molecule has 17 heavy (non-hydrogen) atoms. The van der Waals surface area contributed by atoms with Crippen LogP contribution in [0.2, 0.25) is 0 Å². The summed E-state index contributed by atoms with van der Waals surface area (Å²) >= 11 is 0. The van der Waals surface area contributed by atoms with Crippen LogP contribution in [0.5, 0.6) is 0 Å². The normalized spacial score (nSPS) is 11.6. The highest BCUT2D eigenvalue weighted by Gasteiger charge is 2.17. The van der Waals surface area contributed by atoms with Crippen molar-refractivity contribution < 1.29 is 8.78 Å². The smallest absolute Gasteiger partial charge is 0.147 e. The fourth-order valence-electron chi connectivity index (χ4n) is 2.15. The lowest BCUT2D eigenvalue weighted by molar-refractivity contribution is 0.582. The number of nitrogens with two attached hydrogens (primary N) is 1. The van der Waals surface area contributed by atoms with Crippen LogP contribution in [0.15, 0.2) is 18.3 Å². The summed E-state index contributed by atoms with van der Waals surface area (Å²) in [5.74, 6) is -0.775. The third-order valence-electron chi connectivity index (χ3n) is 2.92. The van der Waals surface area contributed by atoms with Gasteiger partial charge < -0.3 is 10.3 Å². The second-order valence-corrected chi connectivity index (χ2v) is 4.45. The lowest BCUT2D eigenvalue weighted by Gasteiger charge is -2.09. The number of nitrogens with zero attached hydrogens (tertiary/aromatic N) is 1. The van der Waals surface area contributed by atoms with Crippen molar-refractivity contribution in [3.63, 3.8) is 0 Å². The summed E-state index contributed by atoms with van der Waals surface area (Å²) < 4.78 is 29.4. The molecule has 2 rings (SSSR count). The quantitative estimate of drug-likeness (QED) is 0.875. The molecule has 0 amide bonds. The lowest BCUT2D eigenvalue weighted by Crippen LogP contribution is -2.02. The first-order valence-corrected chi connectivity index (χ1v) is 5.73. The van der Waals surface area contributed by atoms with Crippen LogP contribution in [0.1, 0.15) is 25.5 Å². The van der Waals surface area contributed by atoms with Gasteiger partial charge in [0.25, 0.3) is 0 Å². The molecule has 0 atom stereocenters. The van der Waals surface area contributed by atoms with E-state index in [0.717, 1.165) is 5.56 Å². The molecule has 0 saturated carbocycles. The highest BCUT2D eigenvalue weighted by atomic mass is 19.1. The third kappa shape index (κ3) is 1.93. The summed E-state index contributed by atoms with van der Waals surface area (Å²) in [6, 6.07) is 2.42. The standard InChI is InChI=1S/C13H16F2N2/c1-8(2)17-7-9(5-6-16)12-10(14)3-4-11(15)13(12)17/h3-4,7-8H,5-6,16H2,1-2H3. The number of halogens is 2. The van der Waals surface area contributed by atoms with E-state index in [-0.39, 0.29) is 11.9 Å². The molecule has 1 aromatic heterocycles. The molecule has 1 heterocycles. The van der Waals surface area contributed by atoms with Gasteiger partial charge in [-0.3, -0.25) is 0 Å². The second-order valence-electron chi connectivity index (χ2n) is 4.45. The van der Waals surface area contributed by atoms with E-state index in [0.29, 0.717) is 23.9 Å². The topological polar surface area (TPSA) is 30.9 Å². The van der Waals surface area contributed by atoms with Crippen molar-refractivity contribution in [3.8, 4) is 0 Å². The average molecular weight is 238 g/mol. The maximum absolute atomic E-state index is 13.8. The van der Waals surface area contributed by atoms with Crippen LogP contribution < -0.4 is 5.73 Å². The van der Waals surface area contributed by atoms with E-state index >= 15 is 0 Å². The first-order valence-electron chi connectivity index (χ1n) is 5.73. The van der Waals surface area contributed by atoms with Crippen molar-refractivity contribution in [2.75, 3.05) is 6.54 Å². The van der Waals surface area contributed by atoms with E-state index < -0.39 is 5.82 Å². The van der Waals surface area contributed by atoms with Crippen LogP contribution in [0.4, 0.5) is 8.78 Å². The average Bonchev–Trinajstić information content (AvgIpc) is 2.65. The molecule has 0 aliphatic rings. The minimum atomic E-state index is -0.390. The molecule has 92 valence electrons. The molecule has 0 unspecified atom stereocenters. The van der Waals surface area contributed by atoms with E-state index in [9.17, 15) is 8.78 Å². The zero-order chi connectivity index (χ0) is 12.6. The molecule has 0 fully saturated rings. The van der Waals surface area contributed by atoms with Gasteiger partial charge in [0.05, 0.1) is 5.52 Å². The van der Waals surface area contributed by atoms with Crippen LogP contribution in [-0.4, -0.2) is 11.1 Å². The van der Waals surface area contributed by atoms with Gasteiger partial charge in [0.2, 0.25) is 0 Å². The van der Waals surface area contributed by atoms with Crippen molar-refractivity contribution in [1.29, 1.82) is 0 Å². The van der Waals surface area contributed by atoms with Crippen molar-refractivity contribution in [3.05, 3.63) is 35.5 Å². The number of rotatable bonds is 3. The molecule has 0 radical (unpaired) electrons. The van der Waals surface area contributed by atoms with E-state index in [1.165, 1.54) is 12.1 Å². The van der Waals surface area contributed by atoms with Crippen LogP contribution in [-0.2, 0) is 6.42 Å². The minimum absolute atomic E-state index is 0.0836. The Morgan fingerprint density at radius 3 is 2.47 bits per heavy atom. The number of aromatic nitrogens is 1. The Morgan fingerprint density at radius 2 is 1.88 bits per heavy atom. The number of hydrogen-bond donors (Lipinski definition) is 1. The first kappa shape index (κ1) is 12.0. The Kier molecular flexibility index (Phi) is 3.15. The number of benzene rings is 1. The van der Waals surface area contributed by atoms with Gasteiger partial charge in [-0.25, -0.2) is 8.78 Å². The van der Waals surface area contributed by atoms with Crippen molar-refractivity contribution in [1.82, 2.24) is 4.57 Å². The molecule has 0 saturated heterocycles. The van der Waals surface area contributed by atoms with E-state index in [4.69, 9.17) is 5.73 Å². The highest BCUT2D eigenvalue weighted by Crippen LogP contribution is 2.29. The summed E-state index contributed by atoms with van der Waals surface area (Å²) in [4.78, 5) is 0. The molecule has 0 bridgehead atoms. The molecular formula is C13H16F2N2. The predicted molar refractivity (Wildman–Crippen MR) is 65.0 cm³/mol. The molecule has 4 heteroatoms. The van der Waals surface area contributed by atoms with Gasteiger partial charge in [0, 0.05) is 17.6 Å². The second kappa shape index (κ2) is 4.45. The predicted octanol–water partition coefficient (Wildman–Crippen LogP) is 3.00. The van der Waals surface area contributed by atoms with E-state index in [1.54, 1.807) is 10.8 Å². The Balaban J connectivity index is 2.80. The van der Waals surface area contributed by atoms with Gasteiger partial charge >= 0.3 is 0 Å². The molecule has 2 N–H and O–H groups in total. The van der Waals surface area contributed by atoms with Crippen molar-refractivity contribution in [2.45, 2.75) is 26.3 Å². The molecule has 0 aliphatic heterocycles. The fraction of sp³-hybridized carbons (Fsp3) is 0.385. The lowest BCUT2D eigenvalue weighted by atomic mass is 10.1. The number of fused-ring (bicyclic) bond motifs is 1. The Hall–Kier alpha value is -1.42. The van der Waals surface area contributed by atoms with Crippen molar-refractivity contribution in [2.24, 2.45) is 5.73 Å². The molecule has 0 aliphatic carbocycles. The van der Waals surface area contributed by atoms with E-state index in [2.05, 4.69) is 0 Å². The van der Waals surface area contributed by atoms with Crippen LogP contribution in [0.25, 0.3) is 10.9 Å². The van der Waals surface area contributed by atoms with Gasteiger partial charge in [-0.15, -0.1) is 0 Å². The van der Waals surface area contributed by atoms with Crippen LogP contribution >= 0.6 is 0 Å². The maximum Gasteiger partial charge on any atom is 0.147 e. The minimum Gasteiger partial charge on any atom is -0.342 e. The summed E-state index contributed by atoms with van der Waals surface area (Å²) in [6.45, 7) is 4.30. The van der Waals surface area contributed by atoms with Gasteiger partial charge in [-0.05, 0) is 44.5 Å². The largest absolute Gasteiger partial charge is 0.342 e.